The summed E-state index contributed by atoms with van der Waals surface area (Å²) in [6.45, 7) is 0. The predicted octanol–water partition coefficient (Wildman–Crippen LogP) is 0.438. The minimum absolute atomic E-state index is 0.332. The van der Waals surface area contributed by atoms with Crippen molar-refractivity contribution >= 4 is 39.0 Å². The van der Waals surface area contributed by atoms with E-state index < -0.39 is 5.91 Å². The van der Waals surface area contributed by atoms with Crippen molar-refractivity contribution in [3.05, 3.63) is 11.2 Å². The molecule has 0 aliphatic carbocycles. The molecule has 1 amide bonds. The highest BCUT2D eigenvalue weighted by atomic mass is 32.1. The summed E-state index contributed by atoms with van der Waals surface area (Å²) in [6, 6.07) is 0. The summed E-state index contributed by atoms with van der Waals surface area (Å²) in [7, 11) is 3.70. The third kappa shape index (κ3) is 1.45. The Kier molecular flexibility index (Phi) is 2.39. The van der Waals surface area contributed by atoms with Gasteiger partial charge in [0.2, 0.25) is 0 Å². The number of nitrogens with zero attached hydrogens (tertiary/aromatic N) is 3. The van der Waals surface area contributed by atoms with E-state index >= 15 is 0 Å². The molecule has 0 spiro atoms. The van der Waals surface area contributed by atoms with Crippen molar-refractivity contribution < 1.29 is 4.79 Å². The van der Waals surface area contributed by atoms with Gasteiger partial charge in [-0.3, -0.25) is 4.79 Å². The summed E-state index contributed by atoms with van der Waals surface area (Å²) in [6.07, 6.45) is 1.44. The Labute approximate surface area is 95.9 Å². The molecule has 2 aromatic heterocycles. The molecule has 16 heavy (non-hydrogen) atoms. The largest absolute Gasteiger partial charge is 0.397 e. The maximum Gasteiger partial charge on any atom is 0.260 e. The topological polar surface area (TPSA) is 98.1 Å². The van der Waals surface area contributed by atoms with Crippen LogP contribution in [0.25, 0.3) is 10.2 Å². The molecule has 0 saturated heterocycles. The van der Waals surface area contributed by atoms with E-state index in [2.05, 4.69) is 9.97 Å². The maximum atomic E-state index is 11.2. The Morgan fingerprint density at radius 3 is 2.69 bits per heavy atom. The van der Waals surface area contributed by atoms with Gasteiger partial charge in [-0.05, 0) is 0 Å². The standard InChI is InChI=1S/C9H11N5OS/c1-14(2)8-4-5(10)6(7(11)15)16-9(4)13-3-12-8/h3H,10H2,1-2H3,(H2,11,15). The average Bonchev–Trinajstić information content (AvgIpc) is 2.56. The summed E-state index contributed by atoms with van der Waals surface area (Å²) >= 11 is 1.19. The smallest absolute Gasteiger partial charge is 0.260 e. The van der Waals surface area contributed by atoms with Crippen LogP contribution in [0.5, 0.6) is 0 Å². The van der Waals surface area contributed by atoms with Gasteiger partial charge in [-0.25, -0.2) is 9.97 Å². The highest BCUT2D eigenvalue weighted by molar-refractivity contribution is 7.21. The molecule has 0 saturated carbocycles. The molecule has 2 heterocycles. The molecular formula is C9H11N5OS. The molecule has 2 rings (SSSR count). The Morgan fingerprint density at radius 2 is 2.12 bits per heavy atom. The van der Waals surface area contributed by atoms with E-state index in [0.29, 0.717) is 26.6 Å². The fourth-order valence-electron chi connectivity index (χ4n) is 1.46. The fraction of sp³-hybridized carbons (Fsp3) is 0.222. The van der Waals surface area contributed by atoms with E-state index in [-0.39, 0.29) is 0 Å². The molecule has 0 radical (unpaired) electrons. The Balaban J connectivity index is 2.82. The molecule has 0 atom stereocenters. The molecule has 6 nitrogen and oxygen atoms in total. The summed E-state index contributed by atoms with van der Waals surface area (Å²) in [5.74, 6) is 0.149. The molecule has 2 aromatic rings. The first-order valence-corrected chi connectivity index (χ1v) is 5.34. The number of primary amides is 1. The van der Waals surface area contributed by atoms with Crippen molar-refractivity contribution in [2.24, 2.45) is 5.73 Å². The number of carbonyl (C=O) groups excluding carboxylic acids is 1. The minimum Gasteiger partial charge on any atom is -0.397 e. The Bertz CT molecular complexity index is 562. The van der Waals surface area contributed by atoms with Gasteiger partial charge in [0.1, 0.15) is 21.9 Å². The van der Waals surface area contributed by atoms with Crippen LogP contribution in [0.3, 0.4) is 0 Å². The average molecular weight is 237 g/mol. The molecule has 0 unspecified atom stereocenters. The lowest BCUT2D eigenvalue weighted by Gasteiger charge is -2.11. The Morgan fingerprint density at radius 1 is 1.44 bits per heavy atom. The van der Waals surface area contributed by atoms with Crippen LogP contribution in [0.15, 0.2) is 6.33 Å². The van der Waals surface area contributed by atoms with Crippen molar-refractivity contribution in [1.29, 1.82) is 0 Å². The van der Waals surface area contributed by atoms with Gasteiger partial charge in [0, 0.05) is 14.1 Å². The highest BCUT2D eigenvalue weighted by Gasteiger charge is 2.18. The second-order valence-electron chi connectivity index (χ2n) is 3.48. The number of aromatic nitrogens is 2. The second-order valence-corrected chi connectivity index (χ2v) is 4.48. The van der Waals surface area contributed by atoms with Gasteiger partial charge in [-0.2, -0.15) is 0 Å². The molecular weight excluding hydrogens is 226 g/mol. The number of thiophene rings is 1. The number of fused-ring (bicyclic) bond motifs is 1. The van der Waals surface area contributed by atoms with Gasteiger partial charge >= 0.3 is 0 Å². The number of carbonyl (C=O) groups is 1. The van der Waals surface area contributed by atoms with Crippen molar-refractivity contribution in [1.82, 2.24) is 9.97 Å². The van der Waals surface area contributed by atoms with Crippen LogP contribution >= 0.6 is 11.3 Å². The molecule has 0 aliphatic heterocycles. The lowest BCUT2D eigenvalue weighted by molar-refractivity contribution is 0.100. The molecule has 0 fully saturated rings. The van der Waals surface area contributed by atoms with Crippen LogP contribution in [-0.4, -0.2) is 30.0 Å². The van der Waals surface area contributed by atoms with Crippen LogP contribution in [-0.2, 0) is 0 Å². The Hall–Kier alpha value is -1.89. The van der Waals surface area contributed by atoms with E-state index in [1.165, 1.54) is 17.7 Å². The lowest BCUT2D eigenvalue weighted by Crippen LogP contribution is -2.13. The maximum absolute atomic E-state index is 11.2. The van der Waals surface area contributed by atoms with Crippen LogP contribution in [0.1, 0.15) is 9.67 Å². The summed E-state index contributed by atoms with van der Waals surface area (Å²) in [4.78, 5) is 22.2. The zero-order valence-electron chi connectivity index (χ0n) is 8.89. The summed E-state index contributed by atoms with van der Waals surface area (Å²) in [5.41, 5.74) is 11.5. The quantitative estimate of drug-likeness (QED) is 0.789. The fourth-order valence-corrected chi connectivity index (χ4v) is 2.37. The third-order valence-corrected chi connectivity index (χ3v) is 3.28. The number of hydrogen-bond acceptors (Lipinski definition) is 6. The van der Waals surface area contributed by atoms with E-state index in [4.69, 9.17) is 11.5 Å². The second kappa shape index (κ2) is 3.60. The van der Waals surface area contributed by atoms with Crippen LogP contribution in [0.2, 0.25) is 0 Å². The predicted molar refractivity (Wildman–Crippen MR) is 64.7 cm³/mol. The van der Waals surface area contributed by atoms with Crippen molar-refractivity contribution in [3.8, 4) is 0 Å². The van der Waals surface area contributed by atoms with Crippen molar-refractivity contribution in [2.75, 3.05) is 24.7 Å². The molecule has 84 valence electrons. The monoisotopic (exact) mass is 237 g/mol. The SMILES string of the molecule is CN(C)c1ncnc2sc(C(N)=O)c(N)c12. The molecule has 7 heteroatoms. The first-order valence-electron chi connectivity index (χ1n) is 4.52. The summed E-state index contributed by atoms with van der Waals surface area (Å²) in [5, 5.41) is 0.686. The minimum atomic E-state index is -0.537. The number of amides is 1. The van der Waals surface area contributed by atoms with Gasteiger partial charge in [0.05, 0.1) is 11.1 Å². The van der Waals surface area contributed by atoms with E-state index in [0.717, 1.165) is 0 Å². The first kappa shape index (κ1) is 10.6. The van der Waals surface area contributed by atoms with Crippen LogP contribution in [0.4, 0.5) is 11.5 Å². The van der Waals surface area contributed by atoms with Gasteiger partial charge in [0.25, 0.3) is 5.91 Å². The number of anilines is 2. The van der Waals surface area contributed by atoms with E-state index in [1.807, 2.05) is 19.0 Å². The van der Waals surface area contributed by atoms with Gasteiger partial charge in [-0.15, -0.1) is 11.3 Å². The summed E-state index contributed by atoms with van der Waals surface area (Å²) < 4.78 is 0. The van der Waals surface area contributed by atoms with Gasteiger partial charge in [-0.1, -0.05) is 0 Å². The zero-order valence-corrected chi connectivity index (χ0v) is 9.71. The normalized spacial score (nSPS) is 10.6. The van der Waals surface area contributed by atoms with Gasteiger partial charge in [0.15, 0.2) is 0 Å². The molecule has 0 bridgehead atoms. The first-order chi connectivity index (χ1) is 7.52. The lowest BCUT2D eigenvalue weighted by atomic mass is 10.2. The number of rotatable bonds is 2. The number of nitrogen functional groups attached to an aromatic ring is 1. The number of nitrogens with two attached hydrogens (primary N) is 2. The van der Waals surface area contributed by atoms with Crippen molar-refractivity contribution in [2.45, 2.75) is 0 Å². The third-order valence-electron chi connectivity index (χ3n) is 2.15. The molecule has 4 N–H and O–H groups in total. The van der Waals surface area contributed by atoms with Crippen LogP contribution in [0, 0.1) is 0 Å². The molecule has 0 aromatic carbocycles. The highest BCUT2D eigenvalue weighted by Crippen LogP contribution is 2.36. The van der Waals surface area contributed by atoms with Crippen LogP contribution < -0.4 is 16.4 Å². The van der Waals surface area contributed by atoms with E-state index in [9.17, 15) is 4.79 Å². The zero-order chi connectivity index (χ0) is 11.9. The van der Waals surface area contributed by atoms with E-state index in [1.54, 1.807) is 0 Å². The molecule has 0 aliphatic rings. The van der Waals surface area contributed by atoms with Crippen molar-refractivity contribution in [3.63, 3.8) is 0 Å². The van der Waals surface area contributed by atoms with Gasteiger partial charge < -0.3 is 16.4 Å². The number of hydrogen-bond donors (Lipinski definition) is 2.